The molecule has 0 bridgehead atoms. The quantitative estimate of drug-likeness (QED) is 0.825. The maximum atomic E-state index is 12.4. The molecule has 1 aromatic carbocycles. The lowest BCUT2D eigenvalue weighted by Gasteiger charge is -2.17. The number of nitrogens with two attached hydrogens (primary N) is 1. The second-order valence-corrected chi connectivity index (χ2v) is 5.54. The van der Waals surface area contributed by atoms with E-state index in [1.165, 1.54) is 4.90 Å². The van der Waals surface area contributed by atoms with Gasteiger partial charge in [-0.25, -0.2) is 0 Å². The second kappa shape index (κ2) is 4.46. The monoisotopic (exact) mass is 258 g/mol. The Labute approximate surface area is 112 Å². The van der Waals surface area contributed by atoms with E-state index in [-0.39, 0.29) is 29.7 Å². The summed E-state index contributed by atoms with van der Waals surface area (Å²) in [6, 6.07) is 7.32. The van der Waals surface area contributed by atoms with E-state index in [9.17, 15) is 9.59 Å². The maximum absolute atomic E-state index is 12.4. The zero-order valence-electron chi connectivity index (χ0n) is 11.0. The van der Waals surface area contributed by atoms with E-state index in [1.54, 1.807) is 0 Å². The Hall–Kier alpha value is -1.68. The largest absolute Gasteiger partial charge is 0.324 e. The van der Waals surface area contributed by atoms with E-state index in [4.69, 9.17) is 5.73 Å². The van der Waals surface area contributed by atoms with Gasteiger partial charge in [0.2, 0.25) is 11.8 Å². The van der Waals surface area contributed by atoms with Crippen LogP contribution in [0.2, 0.25) is 0 Å². The molecule has 2 amide bonds. The number of amides is 2. The average molecular weight is 258 g/mol. The lowest BCUT2D eigenvalue weighted by Crippen LogP contribution is -2.31. The fourth-order valence-electron chi connectivity index (χ4n) is 3.19. The zero-order valence-corrected chi connectivity index (χ0v) is 11.0. The minimum Gasteiger partial charge on any atom is -0.324 e. The molecule has 0 aromatic heterocycles. The molecule has 2 N–H and O–H groups in total. The van der Waals surface area contributed by atoms with Crippen LogP contribution in [-0.4, -0.2) is 11.8 Å². The topological polar surface area (TPSA) is 63.4 Å². The summed E-state index contributed by atoms with van der Waals surface area (Å²) in [7, 11) is 0. The average Bonchev–Trinajstić information content (AvgIpc) is 2.95. The standard InChI is InChI=1S/C15H18N2O2/c1-9(16)10-4-2-5-11(8-10)17-14(18)12-6-3-7-13(12)15(17)19/h2,4-5,8-9,12-13H,3,6-7,16H2,1H3. The minimum absolute atomic E-state index is 0.0330. The number of anilines is 1. The molecule has 3 unspecified atom stereocenters. The molecule has 1 saturated heterocycles. The predicted molar refractivity (Wildman–Crippen MR) is 72.4 cm³/mol. The molecule has 1 aromatic rings. The molecule has 0 radical (unpaired) electrons. The maximum Gasteiger partial charge on any atom is 0.237 e. The summed E-state index contributed by atoms with van der Waals surface area (Å²) in [5, 5.41) is 0. The number of benzene rings is 1. The lowest BCUT2D eigenvalue weighted by molar-refractivity contribution is -0.122. The molecule has 1 aliphatic carbocycles. The van der Waals surface area contributed by atoms with Crippen LogP contribution >= 0.6 is 0 Å². The summed E-state index contributed by atoms with van der Waals surface area (Å²) in [6.45, 7) is 1.89. The predicted octanol–water partition coefficient (Wildman–Crippen LogP) is 2.00. The van der Waals surface area contributed by atoms with Crippen molar-refractivity contribution in [2.24, 2.45) is 17.6 Å². The summed E-state index contributed by atoms with van der Waals surface area (Å²) in [5.41, 5.74) is 7.46. The molecular weight excluding hydrogens is 240 g/mol. The smallest absolute Gasteiger partial charge is 0.237 e. The van der Waals surface area contributed by atoms with Gasteiger partial charge in [0.1, 0.15) is 0 Å². The Morgan fingerprint density at radius 3 is 2.42 bits per heavy atom. The first kappa shape index (κ1) is 12.4. The molecule has 2 fully saturated rings. The number of carbonyl (C=O) groups excluding carboxylic acids is 2. The van der Waals surface area contributed by atoms with E-state index in [2.05, 4.69) is 0 Å². The number of hydrogen-bond donors (Lipinski definition) is 1. The van der Waals surface area contributed by atoms with Crippen molar-refractivity contribution >= 4 is 17.5 Å². The number of nitrogens with zero attached hydrogens (tertiary/aromatic N) is 1. The number of rotatable bonds is 2. The molecule has 2 aliphatic rings. The zero-order chi connectivity index (χ0) is 13.6. The lowest BCUT2D eigenvalue weighted by atomic mass is 10.00. The van der Waals surface area contributed by atoms with E-state index >= 15 is 0 Å². The summed E-state index contributed by atoms with van der Waals surface area (Å²) < 4.78 is 0. The van der Waals surface area contributed by atoms with Crippen LogP contribution < -0.4 is 10.6 Å². The third-order valence-electron chi connectivity index (χ3n) is 4.25. The van der Waals surface area contributed by atoms with Crippen molar-refractivity contribution in [1.29, 1.82) is 0 Å². The van der Waals surface area contributed by atoms with Gasteiger partial charge in [-0.15, -0.1) is 0 Å². The number of fused-ring (bicyclic) bond motifs is 1. The van der Waals surface area contributed by atoms with Crippen LogP contribution in [-0.2, 0) is 9.59 Å². The van der Waals surface area contributed by atoms with Gasteiger partial charge in [-0.2, -0.15) is 0 Å². The Bertz CT molecular complexity index is 517. The van der Waals surface area contributed by atoms with E-state index in [0.29, 0.717) is 5.69 Å². The van der Waals surface area contributed by atoms with E-state index in [0.717, 1.165) is 24.8 Å². The highest BCUT2D eigenvalue weighted by molar-refractivity contribution is 6.22. The summed E-state index contributed by atoms with van der Waals surface area (Å²) in [5.74, 6) is -0.249. The van der Waals surface area contributed by atoms with Gasteiger partial charge in [0.15, 0.2) is 0 Å². The van der Waals surface area contributed by atoms with Crippen LogP contribution in [0.4, 0.5) is 5.69 Å². The molecule has 4 nitrogen and oxygen atoms in total. The summed E-state index contributed by atoms with van der Waals surface area (Å²) in [6.07, 6.45) is 2.68. The van der Waals surface area contributed by atoms with Crippen molar-refractivity contribution in [2.75, 3.05) is 4.90 Å². The molecule has 1 saturated carbocycles. The SMILES string of the molecule is CC(N)c1cccc(N2C(=O)C3CCCC3C2=O)c1. The molecule has 4 heteroatoms. The fourth-order valence-corrected chi connectivity index (χ4v) is 3.19. The Morgan fingerprint density at radius 1 is 1.21 bits per heavy atom. The van der Waals surface area contributed by atoms with Gasteiger partial charge in [-0.05, 0) is 37.5 Å². The van der Waals surface area contributed by atoms with Gasteiger partial charge >= 0.3 is 0 Å². The Balaban J connectivity index is 1.96. The highest BCUT2D eigenvalue weighted by atomic mass is 16.2. The van der Waals surface area contributed by atoms with Gasteiger partial charge < -0.3 is 5.73 Å². The van der Waals surface area contributed by atoms with E-state index in [1.807, 2.05) is 31.2 Å². The van der Waals surface area contributed by atoms with Crippen LogP contribution in [0.5, 0.6) is 0 Å². The molecule has 3 atom stereocenters. The third-order valence-corrected chi connectivity index (χ3v) is 4.25. The molecular formula is C15H18N2O2. The summed E-state index contributed by atoms with van der Waals surface area (Å²) in [4.78, 5) is 26.1. The number of carbonyl (C=O) groups is 2. The van der Waals surface area contributed by atoms with Crippen molar-refractivity contribution in [2.45, 2.75) is 32.2 Å². The first-order valence-electron chi connectivity index (χ1n) is 6.83. The van der Waals surface area contributed by atoms with Gasteiger partial charge in [0.05, 0.1) is 17.5 Å². The fraction of sp³-hybridized carbons (Fsp3) is 0.467. The van der Waals surface area contributed by atoms with Crippen LogP contribution in [0.3, 0.4) is 0 Å². The molecule has 0 spiro atoms. The van der Waals surface area contributed by atoms with Crippen molar-refractivity contribution in [3.05, 3.63) is 29.8 Å². The molecule has 100 valence electrons. The first-order valence-corrected chi connectivity index (χ1v) is 6.83. The van der Waals surface area contributed by atoms with E-state index < -0.39 is 0 Å². The normalized spacial score (nSPS) is 27.8. The van der Waals surface area contributed by atoms with Crippen molar-refractivity contribution < 1.29 is 9.59 Å². The Morgan fingerprint density at radius 2 is 1.84 bits per heavy atom. The third kappa shape index (κ3) is 1.87. The van der Waals surface area contributed by atoms with Crippen LogP contribution in [0, 0.1) is 11.8 Å². The highest BCUT2D eigenvalue weighted by Crippen LogP contribution is 2.41. The van der Waals surface area contributed by atoms with Crippen LogP contribution in [0.25, 0.3) is 0 Å². The van der Waals surface area contributed by atoms with Gasteiger partial charge in [-0.3, -0.25) is 14.5 Å². The van der Waals surface area contributed by atoms with Crippen LogP contribution in [0.1, 0.15) is 37.8 Å². The molecule has 3 rings (SSSR count). The van der Waals surface area contributed by atoms with Crippen molar-refractivity contribution in [3.63, 3.8) is 0 Å². The van der Waals surface area contributed by atoms with Crippen molar-refractivity contribution in [1.82, 2.24) is 0 Å². The Kier molecular flexibility index (Phi) is 2.90. The minimum atomic E-state index is -0.104. The summed E-state index contributed by atoms with van der Waals surface area (Å²) >= 11 is 0. The van der Waals surface area contributed by atoms with Crippen LogP contribution in [0.15, 0.2) is 24.3 Å². The molecule has 1 aliphatic heterocycles. The van der Waals surface area contributed by atoms with Gasteiger partial charge in [0, 0.05) is 6.04 Å². The second-order valence-electron chi connectivity index (χ2n) is 5.54. The molecule has 1 heterocycles. The van der Waals surface area contributed by atoms with Crippen molar-refractivity contribution in [3.8, 4) is 0 Å². The number of hydrogen-bond acceptors (Lipinski definition) is 3. The van der Waals surface area contributed by atoms with Gasteiger partial charge in [0.25, 0.3) is 0 Å². The highest BCUT2D eigenvalue weighted by Gasteiger charge is 2.50. The molecule has 19 heavy (non-hydrogen) atoms. The first-order chi connectivity index (χ1) is 9.09. The number of imide groups is 1. The van der Waals surface area contributed by atoms with Gasteiger partial charge in [-0.1, -0.05) is 18.6 Å².